The van der Waals surface area contributed by atoms with Gasteiger partial charge in [-0.1, -0.05) is 73.3 Å². The van der Waals surface area contributed by atoms with E-state index in [0.29, 0.717) is 0 Å². The molecule has 4 heteroatoms. The Morgan fingerprint density at radius 1 is 0.500 bits per heavy atom. The average Bonchev–Trinajstić information content (AvgIpc) is 3.07. The largest absolute Gasteiger partial charge is 0.310 e. The highest BCUT2D eigenvalue weighted by Gasteiger charge is 2.22. The highest BCUT2D eigenvalue weighted by Crippen LogP contribution is 2.44. The van der Waals surface area contributed by atoms with Gasteiger partial charge in [-0.2, -0.15) is 0 Å². The van der Waals surface area contributed by atoms with E-state index < -0.39 is 0 Å². The molecule has 5 aromatic carbocycles. The van der Waals surface area contributed by atoms with Gasteiger partial charge in [0.1, 0.15) is 0 Å². The van der Waals surface area contributed by atoms with E-state index in [1.165, 1.54) is 0 Å². The first-order valence-electron chi connectivity index (χ1n) is 14.8. The second kappa shape index (κ2) is 11.8. The number of aromatic nitrogens is 1. The molecule has 0 saturated heterocycles. The van der Waals surface area contributed by atoms with Crippen LogP contribution in [0.25, 0.3) is 12.7 Å². The number of hydrogen-bond donors (Lipinski definition) is 0. The van der Waals surface area contributed by atoms with Crippen molar-refractivity contribution in [3.05, 3.63) is 168 Å². The Balaban J connectivity index is 1.56. The molecule has 2 heterocycles. The molecule has 0 fully saturated rings. The van der Waals surface area contributed by atoms with Gasteiger partial charge in [0.15, 0.2) is 0 Å². The molecule has 0 radical (unpaired) electrons. The van der Waals surface area contributed by atoms with Crippen LogP contribution in [0.15, 0.2) is 158 Å². The molecular weight excluding hydrogens is 536 g/mol. The number of anilines is 9. The van der Waals surface area contributed by atoms with Gasteiger partial charge in [-0.3, -0.25) is 4.98 Å². The number of rotatable bonds is 4. The maximum Gasteiger partial charge on any atom is 0.0716 e. The lowest BCUT2D eigenvalue weighted by Gasteiger charge is -2.33. The van der Waals surface area contributed by atoms with Crippen molar-refractivity contribution in [3.8, 4) is 0 Å². The first-order valence-corrected chi connectivity index (χ1v) is 14.8. The molecule has 0 spiro atoms. The number of pyridine rings is 1. The molecule has 0 N–H and O–H groups in total. The van der Waals surface area contributed by atoms with Gasteiger partial charge in [0.25, 0.3) is 0 Å². The zero-order valence-electron chi connectivity index (χ0n) is 24.6. The molecule has 212 valence electrons. The second-order valence-corrected chi connectivity index (χ2v) is 10.6. The maximum absolute atomic E-state index is 4.64. The standard InChI is InChI=1S/C40H32N4/c1-3-4-24-39-30(2)40(25-26-41-39)44-37-22-12-20-35(28-37)42(31-14-7-5-8-15-31)33-18-11-19-34(27-33)43(32-16-9-6-10-17-32)36-21-13-23-38(44)29-36/h3-29H,2H2,1H3/b4-3-,39-24+. The molecule has 1 aliphatic rings. The summed E-state index contributed by atoms with van der Waals surface area (Å²) in [6, 6.07) is 49.3. The Kier molecular flexibility index (Phi) is 7.23. The summed E-state index contributed by atoms with van der Waals surface area (Å²) in [5.74, 6) is 0. The van der Waals surface area contributed by atoms with E-state index >= 15 is 0 Å². The Morgan fingerprint density at radius 2 is 0.909 bits per heavy atom. The topological polar surface area (TPSA) is 22.6 Å². The van der Waals surface area contributed by atoms with Crippen molar-refractivity contribution < 1.29 is 0 Å². The van der Waals surface area contributed by atoms with Gasteiger partial charge in [-0.15, -0.1) is 0 Å². The van der Waals surface area contributed by atoms with Crippen LogP contribution in [0.3, 0.4) is 0 Å². The number of allylic oxidation sites excluding steroid dienone is 2. The molecule has 0 aliphatic carbocycles. The third kappa shape index (κ3) is 5.03. The molecule has 0 unspecified atom stereocenters. The predicted molar refractivity (Wildman–Crippen MR) is 186 cm³/mol. The number of fused-ring (bicyclic) bond motifs is 6. The van der Waals surface area contributed by atoms with E-state index in [0.717, 1.165) is 61.8 Å². The summed E-state index contributed by atoms with van der Waals surface area (Å²) in [6.45, 7) is 6.51. The minimum atomic E-state index is 0.839. The predicted octanol–water partition coefficient (Wildman–Crippen LogP) is 9.57. The van der Waals surface area contributed by atoms with Crippen molar-refractivity contribution in [2.45, 2.75) is 6.92 Å². The molecule has 1 aromatic heterocycles. The van der Waals surface area contributed by atoms with Crippen LogP contribution in [-0.2, 0) is 0 Å². The first kappa shape index (κ1) is 27.0. The van der Waals surface area contributed by atoms with Gasteiger partial charge in [-0.25, -0.2) is 0 Å². The van der Waals surface area contributed by atoms with Gasteiger partial charge >= 0.3 is 0 Å². The van der Waals surface area contributed by atoms with E-state index in [1.807, 2.05) is 37.4 Å². The van der Waals surface area contributed by atoms with Gasteiger partial charge in [0, 0.05) is 56.9 Å². The van der Waals surface area contributed by atoms with E-state index in [9.17, 15) is 0 Å². The average molecular weight is 569 g/mol. The summed E-state index contributed by atoms with van der Waals surface area (Å²) in [5.41, 5.74) is 9.44. The van der Waals surface area contributed by atoms with Gasteiger partial charge in [-0.05, 0) is 97.9 Å². The van der Waals surface area contributed by atoms with Crippen molar-refractivity contribution in [3.63, 3.8) is 0 Å². The molecule has 0 amide bonds. The number of benzene rings is 5. The molecule has 6 bridgehead atoms. The van der Waals surface area contributed by atoms with Crippen molar-refractivity contribution in [2.24, 2.45) is 0 Å². The van der Waals surface area contributed by atoms with Crippen molar-refractivity contribution >= 4 is 63.8 Å². The fraction of sp³-hybridized carbons (Fsp3) is 0.0250. The minimum Gasteiger partial charge on any atom is -0.310 e. The third-order valence-corrected chi connectivity index (χ3v) is 7.82. The summed E-state index contributed by atoms with van der Waals surface area (Å²) in [7, 11) is 0. The summed E-state index contributed by atoms with van der Waals surface area (Å²) in [4.78, 5) is 11.6. The van der Waals surface area contributed by atoms with Crippen molar-refractivity contribution in [1.29, 1.82) is 0 Å². The molecular formula is C40H32N4. The van der Waals surface area contributed by atoms with Crippen LogP contribution < -0.4 is 25.3 Å². The molecule has 0 atom stereocenters. The molecule has 6 aromatic rings. The number of para-hydroxylation sites is 2. The van der Waals surface area contributed by atoms with Crippen LogP contribution >= 0.6 is 0 Å². The zero-order chi connectivity index (χ0) is 29.9. The quantitative estimate of drug-likeness (QED) is 0.211. The van der Waals surface area contributed by atoms with Crippen molar-refractivity contribution in [2.75, 3.05) is 14.7 Å². The van der Waals surface area contributed by atoms with Crippen molar-refractivity contribution in [1.82, 2.24) is 4.98 Å². The summed E-state index contributed by atoms with van der Waals surface area (Å²) in [5, 5.41) is 1.70. The maximum atomic E-state index is 4.64. The second-order valence-electron chi connectivity index (χ2n) is 10.6. The lowest BCUT2D eigenvalue weighted by Crippen LogP contribution is -2.31. The normalized spacial score (nSPS) is 13.1. The lowest BCUT2D eigenvalue weighted by atomic mass is 10.1. The minimum absolute atomic E-state index is 0.839. The van der Waals surface area contributed by atoms with E-state index in [1.54, 1.807) is 0 Å². The molecule has 1 aliphatic heterocycles. The van der Waals surface area contributed by atoms with E-state index in [-0.39, 0.29) is 0 Å². The summed E-state index contributed by atoms with van der Waals surface area (Å²) >= 11 is 0. The van der Waals surface area contributed by atoms with E-state index in [4.69, 9.17) is 0 Å². The molecule has 4 nitrogen and oxygen atoms in total. The van der Waals surface area contributed by atoms with Gasteiger partial charge in [0.2, 0.25) is 0 Å². The smallest absolute Gasteiger partial charge is 0.0716 e. The Bertz CT molecular complexity index is 1960. The highest BCUT2D eigenvalue weighted by molar-refractivity contribution is 5.88. The zero-order valence-corrected chi connectivity index (χ0v) is 24.6. The highest BCUT2D eigenvalue weighted by atomic mass is 15.2. The summed E-state index contributed by atoms with van der Waals surface area (Å²) in [6.07, 6.45) is 7.88. The number of hydrogen-bond acceptors (Lipinski definition) is 4. The monoisotopic (exact) mass is 568 g/mol. The lowest BCUT2D eigenvalue weighted by molar-refractivity contribution is 1.17. The van der Waals surface area contributed by atoms with Crippen LogP contribution in [0.1, 0.15) is 6.92 Å². The van der Waals surface area contributed by atoms with Crippen LogP contribution in [-0.4, -0.2) is 4.98 Å². The Morgan fingerprint density at radius 3 is 1.34 bits per heavy atom. The molecule has 44 heavy (non-hydrogen) atoms. The fourth-order valence-electron chi connectivity index (χ4n) is 5.83. The first-order chi connectivity index (χ1) is 21.7. The van der Waals surface area contributed by atoms with Crippen LogP contribution in [0.4, 0.5) is 51.2 Å². The van der Waals surface area contributed by atoms with Gasteiger partial charge in [0.05, 0.1) is 11.0 Å². The molecule has 7 rings (SSSR count). The Hall–Kier alpha value is -5.87. The molecule has 0 saturated carbocycles. The SMILES string of the molecule is C=c1c(N2c3cccc(c3)N(c3ccccc3)c3cccc(c3)N(c3ccccc3)c3cccc2c3)ccn/c1=C/C=C\C. The van der Waals surface area contributed by atoms with E-state index in [2.05, 4.69) is 160 Å². The Labute approximate surface area is 258 Å². The van der Waals surface area contributed by atoms with Crippen LogP contribution in [0.2, 0.25) is 0 Å². The third-order valence-electron chi connectivity index (χ3n) is 7.82. The van der Waals surface area contributed by atoms with Crippen LogP contribution in [0.5, 0.6) is 0 Å². The van der Waals surface area contributed by atoms with Crippen LogP contribution in [0, 0.1) is 0 Å². The van der Waals surface area contributed by atoms with Gasteiger partial charge < -0.3 is 14.7 Å². The fourth-order valence-corrected chi connectivity index (χ4v) is 5.83. The summed E-state index contributed by atoms with van der Waals surface area (Å²) < 4.78 is 0. The number of nitrogens with zero attached hydrogens (tertiary/aromatic N) is 4.